The van der Waals surface area contributed by atoms with Crippen LogP contribution in [0.15, 0.2) is 0 Å². The summed E-state index contributed by atoms with van der Waals surface area (Å²) < 4.78 is 0. The number of rotatable bonds is 5. The second kappa shape index (κ2) is 5.68. The summed E-state index contributed by atoms with van der Waals surface area (Å²) in [5, 5.41) is 4.74. The van der Waals surface area contributed by atoms with Crippen LogP contribution in [0.3, 0.4) is 0 Å². The van der Waals surface area contributed by atoms with Gasteiger partial charge in [0.25, 0.3) is 0 Å². The summed E-state index contributed by atoms with van der Waals surface area (Å²) in [6.45, 7) is 6.13. The zero-order chi connectivity index (χ0) is 12.3. The van der Waals surface area contributed by atoms with Crippen LogP contribution in [0.25, 0.3) is 0 Å². The van der Waals surface area contributed by atoms with Crippen LogP contribution in [0.1, 0.15) is 41.3 Å². The zero-order valence-electron chi connectivity index (χ0n) is 10.7. The fourth-order valence-electron chi connectivity index (χ4n) is 2.53. The lowest BCUT2D eigenvalue weighted by atomic mass is 9.88. The van der Waals surface area contributed by atoms with E-state index in [1.54, 1.807) is 11.3 Å². The summed E-state index contributed by atoms with van der Waals surface area (Å²) in [5.41, 5.74) is 1.52. The van der Waals surface area contributed by atoms with Gasteiger partial charge in [0.1, 0.15) is 5.01 Å². The van der Waals surface area contributed by atoms with E-state index in [1.165, 1.54) is 41.3 Å². The molecule has 0 aromatic carbocycles. The maximum absolute atomic E-state index is 6.12. The van der Waals surface area contributed by atoms with Crippen LogP contribution in [-0.4, -0.2) is 17.4 Å². The summed E-state index contributed by atoms with van der Waals surface area (Å²) in [5.74, 6) is 0.788. The summed E-state index contributed by atoms with van der Waals surface area (Å²) in [4.78, 5) is 5.87. The Hall–Kier alpha value is -0.120. The molecule has 0 unspecified atom stereocenters. The Kier molecular flexibility index (Phi) is 4.45. The molecule has 0 bridgehead atoms. The average molecular weight is 273 g/mol. The Morgan fingerprint density at radius 2 is 2.06 bits per heavy atom. The molecule has 0 atom stereocenters. The van der Waals surface area contributed by atoms with E-state index in [0.717, 1.165) is 19.0 Å². The minimum atomic E-state index is 0.350. The van der Waals surface area contributed by atoms with Gasteiger partial charge in [-0.15, -0.1) is 22.9 Å². The molecule has 1 fully saturated rings. The van der Waals surface area contributed by atoms with Gasteiger partial charge in [0, 0.05) is 23.8 Å². The highest BCUT2D eigenvalue weighted by atomic mass is 35.5. The number of aromatic nitrogens is 1. The van der Waals surface area contributed by atoms with E-state index in [2.05, 4.69) is 24.1 Å². The Bertz CT molecular complexity index is 350. The SMILES string of the molecule is Cc1nc(CNCC2(CCl)CCCC2)sc1C. The van der Waals surface area contributed by atoms with E-state index in [0.29, 0.717) is 5.41 Å². The van der Waals surface area contributed by atoms with Crippen molar-refractivity contribution in [3.8, 4) is 0 Å². The van der Waals surface area contributed by atoms with Gasteiger partial charge in [-0.25, -0.2) is 4.98 Å². The third-order valence-corrected chi connectivity index (χ3v) is 5.44. The standard InChI is InChI=1S/C13H21ClN2S/c1-10-11(2)17-12(16-10)7-15-9-13(8-14)5-3-4-6-13/h15H,3-9H2,1-2H3. The first-order chi connectivity index (χ1) is 8.15. The minimum Gasteiger partial charge on any atom is -0.310 e. The molecule has 2 nitrogen and oxygen atoms in total. The van der Waals surface area contributed by atoms with Gasteiger partial charge in [0.15, 0.2) is 0 Å². The van der Waals surface area contributed by atoms with Gasteiger partial charge in [-0.05, 0) is 32.1 Å². The van der Waals surface area contributed by atoms with Crippen molar-refractivity contribution < 1.29 is 0 Å². The zero-order valence-corrected chi connectivity index (χ0v) is 12.3. The van der Waals surface area contributed by atoms with Gasteiger partial charge in [0.05, 0.1) is 5.69 Å². The van der Waals surface area contributed by atoms with Crippen LogP contribution in [0.5, 0.6) is 0 Å². The third-order valence-electron chi connectivity index (χ3n) is 3.80. The lowest BCUT2D eigenvalue weighted by Gasteiger charge is -2.26. The summed E-state index contributed by atoms with van der Waals surface area (Å²) in [6, 6.07) is 0. The maximum atomic E-state index is 6.12. The van der Waals surface area contributed by atoms with Crippen LogP contribution < -0.4 is 5.32 Å². The number of hydrogen-bond donors (Lipinski definition) is 1. The number of aryl methyl sites for hydroxylation is 2. The second-order valence-corrected chi connectivity index (χ2v) is 6.75. The van der Waals surface area contributed by atoms with E-state index >= 15 is 0 Å². The Labute approximate surface area is 113 Å². The largest absolute Gasteiger partial charge is 0.310 e. The summed E-state index contributed by atoms with van der Waals surface area (Å²) in [6.07, 6.45) is 5.23. The Morgan fingerprint density at radius 1 is 1.35 bits per heavy atom. The third kappa shape index (κ3) is 3.21. The Balaban J connectivity index is 1.82. The molecule has 0 spiro atoms. The number of thiazole rings is 1. The molecule has 0 radical (unpaired) electrons. The highest BCUT2D eigenvalue weighted by molar-refractivity contribution is 7.11. The normalized spacial score (nSPS) is 18.8. The number of nitrogens with zero attached hydrogens (tertiary/aromatic N) is 1. The van der Waals surface area contributed by atoms with E-state index < -0.39 is 0 Å². The lowest BCUT2D eigenvalue weighted by molar-refractivity contribution is 0.320. The van der Waals surface area contributed by atoms with Crippen molar-refractivity contribution in [3.63, 3.8) is 0 Å². The first-order valence-corrected chi connectivity index (χ1v) is 7.70. The van der Waals surface area contributed by atoms with Crippen LogP contribution in [0.4, 0.5) is 0 Å². The highest BCUT2D eigenvalue weighted by Crippen LogP contribution is 2.38. The molecule has 0 saturated heterocycles. The predicted octanol–water partition coefficient (Wildman–Crippen LogP) is 3.65. The molecule has 1 saturated carbocycles. The van der Waals surface area contributed by atoms with Gasteiger partial charge >= 0.3 is 0 Å². The van der Waals surface area contributed by atoms with E-state index in [4.69, 9.17) is 11.6 Å². The monoisotopic (exact) mass is 272 g/mol. The average Bonchev–Trinajstić information content (AvgIpc) is 2.89. The van der Waals surface area contributed by atoms with Gasteiger partial charge < -0.3 is 5.32 Å². The molecule has 1 heterocycles. The van der Waals surface area contributed by atoms with E-state index in [1.807, 2.05) is 0 Å². The Morgan fingerprint density at radius 3 is 2.59 bits per heavy atom. The molecule has 17 heavy (non-hydrogen) atoms. The van der Waals surface area contributed by atoms with E-state index in [9.17, 15) is 0 Å². The molecule has 96 valence electrons. The van der Waals surface area contributed by atoms with Gasteiger partial charge in [0.2, 0.25) is 0 Å². The van der Waals surface area contributed by atoms with Crippen LogP contribution in [0, 0.1) is 19.3 Å². The van der Waals surface area contributed by atoms with Crippen molar-refractivity contribution in [1.82, 2.24) is 10.3 Å². The molecule has 1 N–H and O–H groups in total. The summed E-state index contributed by atoms with van der Waals surface area (Å²) >= 11 is 7.92. The van der Waals surface area contributed by atoms with Crippen molar-refractivity contribution in [2.45, 2.75) is 46.1 Å². The smallest absolute Gasteiger partial charge is 0.107 e. The molecule has 1 aliphatic rings. The topological polar surface area (TPSA) is 24.9 Å². The van der Waals surface area contributed by atoms with Gasteiger partial charge in [-0.3, -0.25) is 0 Å². The number of nitrogens with one attached hydrogen (secondary N) is 1. The first kappa shape index (κ1) is 13.3. The maximum Gasteiger partial charge on any atom is 0.107 e. The predicted molar refractivity (Wildman–Crippen MR) is 74.9 cm³/mol. The quantitative estimate of drug-likeness (QED) is 0.828. The van der Waals surface area contributed by atoms with Crippen LogP contribution in [0.2, 0.25) is 0 Å². The van der Waals surface area contributed by atoms with Crippen molar-refractivity contribution in [2.24, 2.45) is 5.41 Å². The van der Waals surface area contributed by atoms with E-state index in [-0.39, 0.29) is 0 Å². The molecule has 2 rings (SSSR count). The molecule has 4 heteroatoms. The van der Waals surface area contributed by atoms with Crippen molar-refractivity contribution in [2.75, 3.05) is 12.4 Å². The minimum absolute atomic E-state index is 0.350. The molecule has 0 amide bonds. The fourth-order valence-corrected chi connectivity index (χ4v) is 3.80. The van der Waals surface area contributed by atoms with Gasteiger partial charge in [-0.1, -0.05) is 12.8 Å². The summed E-state index contributed by atoms with van der Waals surface area (Å²) in [7, 11) is 0. The van der Waals surface area contributed by atoms with Crippen LogP contribution in [-0.2, 0) is 6.54 Å². The molecule has 0 aliphatic heterocycles. The lowest BCUT2D eigenvalue weighted by Crippen LogP contribution is -2.33. The second-order valence-electron chi connectivity index (χ2n) is 5.19. The number of alkyl halides is 1. The van der Waals surface area contributed by atoms with Crippen molar-refractivity contribution in [1.29, 1.82) is 0 Å². The fraction of sp³-hybridized carbons (Fsp3) is 0.769. The highest BCUT2D eigenvalue weighted by Gasteiger charge is 2.32. The first-order valence-electron chi connectivity index (χ1n) is 6.35. The molecular weight excluding hydrogens is 252 g/mol. The van der Waals surface area contributed by atoms with Gasteiger partial charge in [-0.2, -0.15) is 0 Å². The van der Waals surface area contributed by atoms with Crippen molar-refractivity contribution >= 4 is 22.9 Å². The number of hydrogen-bond acceptors (Lipinski definition) is 3. The molecular formula is C13H21ClN2S. The molecule has 1 aromatic heterocycles. The molecule has 1 aromatic rings. The molecule has 1 aliphatic carbocycles. The number of halogens is 1. The van der Waals surface area contributed by atoms with Crippen molar-refractivity contribution in [3.05, 3.63) is 15.6 Å². The van der Waals surface area contributed by atoms with Crippen LogP contribution >= 0.6 is 22.9 Å².